The second-order valence-electron chi connectivity index (χ2n) is 3.57. The first kappa shape index (κ1) is 11.8. The van der Waals surface area contributed by atoms with Crippen molar-refractivity contribution in [3.63, 3.8) is 0 Å². The van der Waals surface area contributed by atoms with Crippen LogP contribution in [0.25, 0.3) is 0 Å². The van der Waals surface area contributed by atoms with E-state index in [1.807, 2.05) is 6.92 Å². The van der Waals surface area contributed by atoms with E-state index in [0.29, 0.717) is 26.1 Å². The molecular weight excluding hydrogens is 198 g/mol. The van der Waals surface area contributed by atoms with Gasteiger partial charge < -0.3 is 14.4 Å². The highest BCUT2D eigenvalue weighted by Crippen LogP contribution is 2.18. The number of hydrogen-bond donors (Lipinski definition) is 0. The number of carbonyl (C=O) groups excluding carboxylic acids is 2. The lowest BCUT2D eigenvalue weighted by molar-refractivity contribution is -0.148. The number of carbonyl (C=O) groups is 2. The van der Waals surface area contributed by atoms with E-state index in [0.717, 1.165) is 6.42 Å². The van der Waals surface area contributed by atoms with Gasteiger partial charge in [0.2, 0.25) is 0 Å². The largest absolute Gasteiger partial charge is 0.465 e. The number of ether oxygens (including phenoxy) is 2. The summed E-state index contributed by atoms with van der Waals surface area (Å²) in [7, 11) is 1.34. The Bertz CT molecular complexity index is 242. The number of hydrogen-bond acceptors (Lipinski definition) is 4. The minimum absolute atomic E-state index is 0.185. The summed E-state index contributed by atoms with van der Waals surface area (Å²) in [6, 6.07) is 0. The molecule has 0 aromatic heterocycles. The summed E-state index contributed by atoms with van der Waals surface area (Å²) in [4.78, 5) is 24.1. The van der Waals surface area contributed by atoms with Crippen molar-refractivity contribution in [3.05, 3.63) is 0 Å². The number of methoxy groups -OCH3 is 1. The predicted octanol–water partition coefficient (Wildman–Crippen LogP) is 1.03. The molecular formula is C10H17NO4. The Kier molecular flexibility index (Phi) is 4.39. The zero-order chi connectivity index (χ0) is 11.3. The molecule has 1 aliphatic heterocycles. The van der Waals surface area contributed by atoms with Crippen molar-refractivity contribution in [3.8, 4) is 0 Å². The van der Waals surface area contributed by atoms with Crippen molar-refractivity contribution in [2.75, 3.05) is 26.8 Å². The molecule has 0 aromatic carbocycles. The Balaban J connectivity index is 2.35. The van der Waals surface area contributed by atoms with Crippen LogP contribution in [0, 0.1) is 5.92 Å². The first-order valence-corrected chi connectivity index (χ1v) is 5.18. The molecule has 0 aromatic rings. The van der Waals surface area contributed by atoms with Gasteiger partial charge in [-0.3, -0.25) is 4.79 Å². The van der Waals surface area contributed by atoms with E-state index in [1.165, 1.54) is 12.0 Å². The fourth-order valence-electron chi connectivity index (χ4n) is 1.57. The highest BCUT2D eigenvalue weighted by atomic mass is 16.5. The van der Waals surface area contributed by atoms with Gasteiger partial charge in [-0.2, -0.15) is 0 Å². The van der Waals surface area contributed by atoms with Crippen molar-refractivity contribution in [2.45, 2.75) is 19.8 Å². The number of amides is 1. The maximum absolute atomic E-state index is 11.5. The van der Waals surface area contributed by atoms with Crippen LogP contribution in [0.3, 0.4) is 0 Å². The SMILES string of the molecule is CCCOC(=O)C1CCN(C(=O)OC)C1. The summed E-state index contributed by atoms with van der Waals surface area (Å²) in [6.45, 7) is 3.38. The lowest BCUT2D eigenvalue weighted by Gasteiger charge is -2.13. The van der Waals surface area contributed by atoms with E-state index in [4.69, 9.17) is 4.74 Å². The number of likely N-dealkylation sites (tertiary alicyclic amines) is 1. The van der Waals surface area contributed by atoms with E-state index in [-0.39, 0.29) is 18.0 Å². The molecule has 15 heavy (non-hydrogen) atoms. The maximum Gasteiger partial charge on any atom is 0.409 e. The predicted molar refractivity (Wildman–Crippen MR) is 53.3 cm³/mol. The Labute approximate surface area is 89.3 Å². The van der Waals surface area contributed by atoms with Crippen LogP contribution in [0.1, 0.15) is 19.8 Å². The Morgan fingerprint density at radius 2 is 2.20 bits per heavy atom. The molecule has 0 saturated carbocycles. The summed E-state index contributed by atoms with van der Waals surface area (Å²) >= 11 is 0. The second-order valence-corrected chi connectivity index (χ2v) is 3.57. The standard InChI is InChI=1S/C10H17NO4/c1-3-6-15-9(12)8-4-5-11(7-8)10(13)14-2/h8H,3-7H2,1-2H3. The third kappa shape index (κ3) is 3.11. The molecule has 86 valence electrons. The Hall–Kier alpha value is -1.26. The number of nitrogens with zero attached hydrogens (tertiary/aromatic N) is 1. The van der Waals surface area contributed by atoms with Gasteiger partial charge in [0.05, 0.1) is 19.6 Å². The summed E-state index contributed by atoms with van der Waals surface area (Å²) in [5.41, 5.74) is 0. The Morgan fingerprint density at radius 3 is 2.80 bits per heavy atom. The molecule has 1 atom stereocenters. The van der Waals surface area contributed by atoms with Crippen molar-refractivity contribution in [2.24, 2.45) is 5.92 Å². The summed E-state index contributed by atoms with van der Waals surface area (Å²) in [6.07, 6.45) is 1.11. The molecule has 1 amide bonds. The van der Waals surface area contributed by atoms with Gasteiger partial charge in [-0.25, -0.2) is 4.79 Å². The molecule has 0 N–H and O–H groups in total. The average molecular weight is 215 g/mol. The highest BCUT2D eigenvalue weighted by molar-refractivity contribution is 5.75. The molecule has 1 fully saturated rings. The minimum Gasteiger partial charge on any atom is -0.465 e. The van der Waals surface area contributed by atoms with Crippen LogP contribution in [-0.4, -0.2) is 43.8 Å². The van der Waals surface area contributed by atoms with Crippen molar-refractivity contribution in [1.29, 1.82) is 0 Å². The van der Waals surface area contributed by atoms with E-state index in [2.05, 4.69) is 4.74 Å². The molecule has 0 spiro atoms. The molecule has 5 heteroatoms. The van der Waals surface area contributed by atoms with Crippen LogP contribution in [0.5, 0.6) is 0 Å². The molecule has 5 nitrogen and oxygen atoms in total. The zero-order valence-corrected chi connectivity index (χ0v) is 9.19. The summed E-state index contributed by atoms with van der Waals surface area (Å²) in [5, 5.41) is 0. The molecule has 0 bridgehead atoms. The average Bonchev–Trinajstić information content (AvgIpc) is 2.74. The Morgan fingerprint density at radius 1 is 1.47 bits per heavy atom. The van der Waals surface area contributed by atoms with Crippen LogP contribution < -0.4 is 0 Å². The van der Waals surface area contributed by atoms with Gasteiger partial charge in [-0.05, 0) is 12.8 Å². The van der Waals surface area contributed by atoms with Crippen LogP contribution in [0.15, 0.2) is 0 Å². The van der Waals surface area contributed by atoms with Crippen molar-refractivity contribution < 1.29 is 19.1 Å². The van der Waals surface area contributed by atoms with Gasteiger partial charge in [-0.15, -0.1) is 0 Å². The third-order valence-corrected chi connectivity index (χ3v) is 2.40. The topological polar surface area (TPSA) is 55.8 Å². The minimum atomic E-state index is -0.374. The molecule has 1 saturated heterocycles. The molecule has 1 unspecified atom stereocenters. The monoisotopic (exact) mass is 215 g/mol. The fraction of sp³-hybridized carbons (Fsp3) is 0.800. The summed E-state index contributed by atoms with van der Waals surface area (Å²) in [5.74, 6) is -0.390. The van der Waals surface area contributed by atoms with Gasteiger partial charge in [0, 0.05) is 13.1 Å². The lowest BCUT2D eigenvalue weighted by Crippen LogP contribution is -2.30. The smallest absolute Gasteiger partial charge is 0.409 e. The van der Waals surface area contributed by atoms with Gasteiger partial charge in [0.15, 0.2) is 0 Å². The zero-order valence-electron chi connectivity index (χ0n) is 9.19. The number of rotatable bonds is 3. The van der Waals surface area contributed by atoms with Crippen LogP contribution in [0.4, 0.5) is 4.79 Å². The van der Waals surface area contributed by atoms with E-state index < -0.39 is 0 Å². The fourth-order valence-corrected chi connectivity index (χ4v) is 1.57. The maximum atomic E-state index is 11.5. The number of esters is 1. The van der Waals surface area contributed by atoms with E-state index in [1.54, 1.807) is 0 Å². The first-order chi connectivity index (χ1) is 7.19. The van der Waals surface area contributed by atoms with E-state index in [9.17, 15) is 9.59 Å². The summed E-state index contributed by atoms with van der Waals surface area (Å²) < 4.78 is 9.60. The van der Waals surface area contributed by atoms with Gasteiger partial charge >= 0.3 is 12.1 Å². The second kappa shape index (κ2) is 5.58. The normalized spacial score (nSPS) is 20.1. The van der Waals surface area contributed by atoms with Gasteiger partial charge in [0.1, 0.15) is 0 Å². The van der Waals surface area contributed by atoms with E-state index >= 15 is 0 Å². The lowest BCUT2D eigenvalue weighted by atomic mass is 10.1. The molecule has 1 rings (SSSR count). The molecule has 0 aliphatic carbocycles. The van der Waals surface area contributed by atoms with Crippen molar-refractivity contribution >= 4 is 12.1 Å². The van der Waals surface area contributed by atoms with Crippen LogP contribution >= 0.6 is 0 Å². The van der Waals surface area contributed by atoms with Crippen LogP contribution in [-0.2, 0) is 14.3 Å². The molecule has 0 radical (unpaired) electrons. The van der Waals surface area contributed by atoms with Gasteiger partial charge in [-0.1, -0.05) is 6.92 Å². The van der Waals surface area contributed by atoms with Gasteiger partial charge in [0.25, 0.3) is 0 Å². The third-order valence-electron chi connectivity index (χ3n) is 2.40. The van der Waals surface area contributed by atoms with Crippen LogP contribution in [0.2, 0.25) is 0 Å². The quantitative estimate of drug-likeness (QED) is 0.660. The molecule has 1 aliphatic rings. The first-order valence-electron chi connectivity index (χ1n) is 5.18. The highest BCUT2D eigenvalue weighted by Gasteiger charge is 2.32. The van der Waals surface area contributed by atoms with Crippen molar-refractivity contribution in [1.82, 2.24) is 4.90 Å². The molecule has 1 heterocycles.